The summed E-state index contributed by atoms with van der Waals surface area (Å²) in [6.45, 7) is 7.05. The lowest BCUT2D eigenvalue weighted by Gasteiger charge is -2.07. The highest BCUT2D eigenvalue weighted by Gasteiger charge is 2.41. The van der Waals surface area contributed by atoms with E-state index in [0.29, 0.717) is 5.60 Å². The van der Waals surface area contributed by atoms with Crippen LogP contribution in [0, 0.1) is 6.92 Å². The number of hydrogen-bond donors (Lipinski definition) is 0. The van der Waals surface area contributed by atoms with Gasteiger partial charge in [-0.3, -0.25) is 0 Å². The number of hydrogen-bond acceptors (Lipinski definition) is 1. The van der Waals surface area contributed by atoms with Crippen LogP contribution in [0.1, 0.15) is 45.4 Å². The second-order valence-corrected chi connectivity index (χ2v) is 3.49. The molecule has 0 bridgehead atoms. The van der Waals surface area contributed by atoms with Crippen LogP contribution in [-0.2, 0) is 4.74 Å². The fraction of sp³-hybridized carbons (Fsp3) is 0.900. The molecule has 11 heavy (non-hydrogen) atoms. The van der Waals surface area contributed by atoms with Crippen molar-refractivity contribution in [3.63, 3.8) is 0 Å². The van der Waals surface area contributed by atoms with Crippen LogP contribution >= 0.6 is 0 Å². The van der Waals surface area contributed by atoms with Crippen molar-refractivity contribution in [2.45, 2.75) is 51.0 Å². The van der Waals surface area contributed by atoms with Crippen LogP contribution in [0.4, 0.5) is 0 Å². The maximum atomic E-state index is 5.41. The molecule has 0 aromatic carbocycles. The Hall–Kier alpha value is -0.0400. The Kier molecular flexibility index (Phi) is 3.38. The van der Waals surface area contributed by atoms with Gasteiger partial charge in [0, 0.05) is 0 Å². The summed E-state index contributed by atoms with van der Waals surface area (Å²) in [6.07, 6.45) is 7.47. The van der Waals surface area contributed by atoms with Crippen LogP contribution in [0.3, 0.4) is 0 Å². The minimum atomic E-state index is 0.321. The number of unbranched alkanes of at least 4 members (excludes halogenated alkanes) is 3. The van der Waals surface area contributed by atoms with Gasteiger partial charge < -0.3 is 4.74 Å². The molecule has 0 aromatic heterocycles. The van der Waals surface area contributed by atoms with Crippen molar-refractivity contribution in [2.75, 3.05) is 6.61 Å². The van der Waals surface area contributed by atoms with E-state index in [1.54, 1.807) is 0 Å². The lowest BCUT2D eigenvalue weighted by molar-refractivity contribution is 0.274. The second-order valence-electron chi connectivity index (χ2n) is 3.49. The third-order valence-electron chi connectivity index (χ3n) is 2.58. The van der Waals surface area contributed by atoms with Crippen LogP contribution < -0.4 is 0 Å². The van der Waals surface area contributed by atoms with Crippen LogP contribution in [0.25, 0.3) is 0 Å². The summed E-state index contributed by atoms with van der Waals surface area (Å²) in [7, 11) is 0. The molecule has 1 aliphatic rings. The quantitative estimate of drug-likeness (QED) is 0.424. The van der Waals surface area contributed by atoms with Crippen molar-refractivity contribution in [3.8, 4) is 0 Å². The summed E-state index contributed by atoms with van der Waals surface area (Å²) in [5.74, 6) is 0. The molecule has 0 aliphatic carbocycles. The van der Waals surface area contributed by atoms with Crippen LogP contribution in [0.15, 0.2) is 0 Å². The molecule has 65 valence electrons. The fourth-order valence-electron chi connectivity index (χ4n) is 1.43. The molecule has 0 N–H and O–H groups in total. The zero-order chi connectivity index (χ0) is 8.16. The highest BCUT2D eigenvalue weighted by Crippen LogP contribution is 2.35. The van der Waals surface area contributed by atoms with E-state index in [9.17, 15) is 0 Å². The Morgan fingerprint density at radius 3 is 2.55 bits per heavy atom. The summed E-state index contributed by atoms with van der Waals surface area (Å²) in [6, 6.07) is 0. The lowest BCUT2D eigenvalue weighted by Crippen LogP contribution is -2.08. The van der Waals surface area contributed by atoms with Crippen LogP contribution in [0.5, 0.6) is 0 Å². The number of ether oxygens (including phenoxy) is 1. The second kappa shape index (κ2) is 4.10. The molecule has 1 rings (SSSR count). The van der Waals surface area contributed by atoms with Crippen LogP contribution in [0.2, 0.25) is 0 Å². The minimum Gasteiger partial charge on any atom is -0.370 e. The molecule has 1 heterocycles. The van der Waals surface area contributed by atoms with E-state index in [0.717, 1.165) is 13.0 Å². The zero-order valence-corrected chi connectivity index (χ0v) is 7.57. The van der Waals surface area contributed by atoms with E-state index in [1.165, 1.54) is 32.1 Å². The predicted molar refractivity (Wildman–Crippen MR) is 47.4 cm³/mol. The average Bonchev–Trinajstić information content (AvgIpc) is 2.80. The van der Waals surface area contributed by atoms with E-state index in [-0.39, 0.29) is 0 Å². The Balaban J connectivity index is 1.94. The lowest BCUT2D eigenvalue weighted by atomic mass is 9.99. The molecule has 0 spiro atoms. The van der Waals surface area contributed by atoms with Gasteiger partial charge >= 0.3 is 0 Å². The highest BCUT2D eigenvalue weighted by atomic mass is 16.6. The molecule has 1 heteroatoms. The SMILES string of the molecule is [CH2]CCCCCC1(CC)CO1. The van der Waals surface area contributed by atoms with Crippen LogP contribution in [-0.4, -0.2) is 12.2 Å². The van der Waals surface area contributed by atoms with Gasteiger partial charge in [-0.05, 0) is 12.8 Å². The summed E-state index contributed by atoms with van der Waals surface area (Å²) in [5, 5.41) is 0. The predicted octanol–water partition coefficient (Wildman–Crippen LogP) is 2.95. The van der Waals surface area contributed by atoms with Gasteiger partial charge in [0.2, 0.25) is 0 Å². The number of rotatable bonds is 6. The van der Waals surface area contributed by atoms with Gasteiger partial charge in [0.25, 0.3) is 0 Å². The van der Waals surface area contributed by atoms with E-state index in [4.69, 9.17) is 4.74 Å². The number of epoxide rings is 1. The molecular weight excluding hydrogens is 136 g/mol. The minimum absolute atomic E-state index is 0.321. The Morgan fingerprint density at radius 2 is 2.09 bits per heavy atom. The third-order valence-corrected chi connectivity index (χ3v) is 2.58. The highest BCUT2D eigenvalue weighted by molar-refractivity contribution is 4.90. The zero-order valence-electron chi connectivity index (χ0n) is 7.57. The Morgan fingerprint density at radius 1 is 1.36 bits per heavy atom. The van der Waals surface area contributed by atoms with Gasteiger partial charge in [0.1, 0.15) is 0 Å². The van der Waals surface area contributed by atoms with Crippen molar-refractivity contribution in [1.29, 1.82) is 0 Å². The molecule has 1 nitrogen and oxygen atoms in total. The van der Waals surface area contributed by atoms with Crippen molar-refractivity contribution in [1.82, 2.24) is 0 Å². The Bertz CT molecular complexity index is 105. The van der Waals surface area contributed by atoms with Gasteiger partial charge in [-0.2, -0.15) is 0 Å². The summed E-state index contributed by atoms with van der Waals surface area (Å²) < 4.78 is 5.41. The molecule has 1 fully saturated rings. The van der Waals surface area contributed by atoms with E-state index >= 15 is 0 Å². The topological polar surface area (TPSA) is 12.5 Å². The van der Waals surface area contributed by atoms with Crippen molar-refractivity contribution >= 4 is 0 Å². The van der Waals surface area contributed by atoms with E-state index < -0.39 is 0 Å². The van der Waals surface area contributed by atoms with Gasteiger partial charge in [-0.25, -0.2) is 0 Å². The van der Waals surface area contributed by atoms with Gasteiger partial charge in [-0.1, -0.05) is 39.5 Å². The van der Waals surface area contributed by atoms with Gasteiger partial charge in [-0.15, -0.1) is 0 Å². The molecule has 0 amide bonds. The third kappa shape index (κ3) is 2.82. The first-order chi connectivity index (χ1) is 5.33. The fourth-order valence-corrected chi connectivity index (χ4v) is 1.43. The standard InChI is InChI=1S/C10H19O/c1-3-5-6-7-8-10(4-2)9-11-10/h1,3-9H2,2H3. The molecule has 0 saturated carbocycles. The maximum absolute atomic E-state index is 5.41. The van der Waals surface area contributed by atoms with Crippen molar-refractivity contribution in [3.05, 3.63) is 6.92 Å². The van der Waals surface area contributed by atoms with E-state index in [1.807, 2.05) is 0 Å². The molecule has 0 aromatic rings. The summed E-state index contributed by atoms with van der Waals surface area (Å²) >= 11 is 0. The summed E-state index contributed by atoms with van der Waals surface area (Å²) in [4.78, 5) is 0. The smallest absolute Gasteiger partial charge is 0.0914 e. The largest absolute Gasteiger partial charge is 0.370 e. The summed E-state index contributed by atoms with van der Waals surface area (Å²) in [5.41, 5.74) is 0.321. The molecule has 1 saturated heterocycles. The normalized spacial score (nSPS) is 28.9. The maximum Gasteiger partial charge on any atom is 0.0914 e. The molecule has 1 atom stereocenters. The molecular formula is C10H19O. The van der Waals surface area contributed by atoms with Crippen molar-refractivity contribution < 1.29 is 4.74 Å². The van der Waals surface area contributed by atoms with Gasteiger partial charge in [0.15, 0.2) is 0 Å². The first kappa shape index (κ1) is 9.05. The first-order valence-corrected chi connectivity index (χ1v) is 4.76. The monoisotopic (exact) mass is 155 g/mol. The Labute approximate surface area is 70.1 Å². The van der Waals surface area contributed by atoms with E-state index in [2.05, 4.69) is 13.8 Å². The molecule has 1 unspecified atom stereocenters. The first-order valence-electron chi connectivity index (χ1n) is 4.76. The van der Waals surface area contributed by atoms with Gasteiger partial charge in [0.05, 0.1) is 12.2 Å². The average molecular weight is 155 g/mol. The molecule has 1 aliphatic heterocycles. The molecule has 1 radical (unpaired) electrons. The van der Waals surface area contributed by atoms with Crippen molar-refractivity contribution in [2.24, 2.45) is 0 Å².